The molecular weight excluding hydrogens is 495 g/mol. The van der Waals surface area contributed by atoms with Crippen LogP contribution in [0.2, 0.25) is 0 Å². The van der Waals surface area contributed by atoms with Crippen molar-refractivity contribution in [3.8, 4) is 5.69 Å². The number of aromatic nitrogens is 3. The van der Waals surface area contributed by atoms with Crippen molar-refractivity contribution in [2.75, 3.05) is 11.1 Å². The molecule has 8 nitrogen and oxygen atoms in total. The molecule has 0 fully saturated rings. The summed E-state index contributed by atoms with van der Waals surface area (Å²) in [6.07, 6.45) is -3.21. The molecule has 0 bridgehead atoms. The van der Waals surface area contributed by atoms with Gasteiger partial charge in [-0.3, -0.25) is 14.2 Å². The van der Waals surface area contributed by atoms with Gasteiger partial charge in [0.15, 0.2) is 16.7 Å². The van der Waals surface area contributed by atoms with Gasteiger partial charge in [0, 0.05) is 5.69 Å². The van der Waals surface area contributed by atoms with Gasteiger partial charge in [-0.2, -0.15) is 13.2 Å². The van der Waals surface area contributed by atoms with Crippen molar-refractivity contribution >= 4 is 29.3 Å². The Labute approximate surface area is 207 Å². The van der Waals surface area contributed by atoms with Crippen LogP contribution in [0, 0.1) is 6.92 Å². The van der Waals surface area contributed by atoms with Crippen molar-refractivity contribution in [1.82, 2.24) is 20.1 Å². The molecule has 12 heteroatoms. The number of amides is 2. The van der Waals surface area contributed by atoms with E-state index in [1.807, 2.05) is 31.2 Å². The Balaban J connectivity index is 1.51. The zero-order chi connectivity index (χ0) is 25.7. The maximum absolute atomic E-state index is 13.2. The predicted molar refractivity (Wildman–Crippen MR) is 127 cm³/mol. The van der Waals surface area contributed by atoms with E-state index < -0.39 is 23.6 Å². The van der Waals surface area contributed by atoms with Crippen molar-refractivity contribution < 1.29 is 27.2 Å². The summed E-state index contributed by atoms with van der Waals surface area (Å²) in [6, 6.07) is 15.3. The maximum Gasteiger partial charge on any atom is 0.418 e. The summed E-state index contributed by atoms with van der Waals surface area (Å²) in [7, 11) is 0. The number of hydrogen-bond donors (Lipinski definition) is 2. The molecule has 0 spiro atoms. The van der Waals surface area contributed by atoms with Gasteiger partial charge >= 0.3 is 6.18 Å². The maximum atomic E-state index is 13.2. The molecule has 0 aliphatic heterocycles. The van der Waals surface area contributed by atoms with Crippen LogP contribution in [0.3, 0.4) is 0 Å². The third kappa shape index (κ3) is 5.95. The minimum Gasteiger partial charge on any atom is -0.459 e. The van der Waals surface area contributed by atoms with Crippen molar-refractivity contribution in [2.45, 2.75) is 24.8 Å². The molecule has 2 aromatic carbocycles. The number of furan rings is 1. The van der Waals surface area contributed by atoms with E-state index in [0.717, 1.165) is 23.4 Å². The summed E-state index contributed by atoms with van der Waals surface area (Å²) in [5.74, 6) is -0.749. The second-order valence-electron chi connectivity index (χ2n) is 7.61. The van der Waals surface area contributed by atoms with Gasteiger partial charge in [0.1, 0.15) is 0 Å². The molecule has 36 heavy (non-hydrogen) atoms. The number of benzene rings is 2. The second-order valence-corrected chi connectivity index (χ2v) is 8.56. The third-order valence-electron chi connectivity index (χ3n) is 4.95. The fourth-order valence-electron chi connectivity index (χ4n) is 3.34. The van der Waals surface area contributed by atoms with Crippen LogP contribution in [-0.4, -0.2) is 32.3 Å². The highest BCUT2D eigenvalue weighted by atomic mass is 32.2. The van der Waals surface area contributed by atoms with Crippen LogP contribution in [-0.2, 0) is 17.5 Å². The quantitative estimate of drug-likeness (QED) is 0.326. The molecule has 0 saturated carbocycles. The number of aryl methyl sites for hydroxylation is 1. The zero-order valence-corrected chi connectivity index (χ0v) is 19.7. The van der Waals surface area contributed by atoms with E-state index in [2.05, 4.69) is 20.8 Å². The van der Waals surface area contributed by atoms with Gasteiger partial charge in [-0.1, -0.05) is 36.0 Å². The van der Waals surface area contributed by atoms with E-state index >= 15 is 0 Å². The first-order valence-electron chi connectivity index (χ1n) is 10.6. The molecule has 4 rings (SSSR count). The van der Waals surface area contributed by atoms with Gasteiger partial charge < -0.3 is 15.1 Å². The number of halogens is 3. The van der Waals surface area contributed by atoms with Gasteiger partial charge in [0.2, 0.25) is 5.91 Å². The number of carbonyl (C=O) groups is 2. The highest BCUT2D eigenvalue weighted by Gasteiger charge is 2.33. The number of thioether (sulfide) groups is 1. The van der Waals surface area contributed by atoms with Gasteiger partial charge in [-0.25, -0.2) is 0 Å². The number of nitrogens with zero attached hydrogens (tertiary/aromatic N) is 3. The second kappa shape index (κ2) is 10.7. The van der Waals surface area contributed by atoms with Gasteiger partial charge in [0.05, 0.1) is 29.8 Å². The molecule has 0 atom stereocenters. The molecule has 2 heterocycles. The van der Waals surface area contributed by atoms with E-state index in [4.69, 9.17) is 4.42 Å². The number of rotatable bonds is 8. The van der Waals surface area contributed by atoms with E-state index in [1.165, 1.54) is 30.5 Å². The Hall–Kier alpha value is -4.06. The topological polar surface area (TPSA) is 102 Å². The van der Waals surface area contributed by atoms with Crippen LogP contribution in [0.1, 0.15) is 27.5 Å². The van der Waals surface area contributed by atoms with Crippen molar-refractivity contribution in [1.29, 1.82) is 0 Å². The summed E-state index contributed by atoms with van der Waals surface area (Å²) in [5.41, 5.74) is 0.412. The number of alkyl halides is 3. The third-order valence-corrected chi connectivity index (χ3v) is 5.88. The minimum absolute atomic E-state index is 0.0200. The summed E-state index contributed by atoms with van der Waals surface area (Å²) >= 11 is 1.01. The molecule has 2 amide bonds. The Bertz CT molecular complexity index is 1370. The number of hydrogen-bond acceptors (Lipinski definition) is 6. The van der Waals surface area contributed by atoms with Crippen LogP contribution in [0.5, 0.6) is 0 Å². The van der Waals surface area contributed by atoms with Crippen molar-refractivity contribution in [2.24, 2.45) is 0 Å². The van der Waals surface area contributed by atoms with E-state index in [1.54, 1.807) is 10.6 Å². The Morgan fingerprint density at radius 2 is 1.86 bits per heavy atom. The summed E-state index contributed by atoms with van der Waals surface area (Å²) < 4.78 is 46.5. The zero-order valence-electron chi connectivity index (χ0n) is 18.9. The molecule has 186 valence electrons. The van der Waals surface area contributed by atoms with E-state index in [-0.39, 0.29) is 23.7 Å². The molecule has 2 N–H and O–H groups in total. The Morgan fingerprint density at radius 1 is 1.06 bits per heavy atom. The van der Waals surface area contributed by atoms with Gasteiger partial charge in [-0.05, 0) is 48.9 Å². The molecule has 0 unspecified atom stereocenters. The van der Waals surface area contributed by atoms with Crippen LogP contribution in [0.15, 0.2) is 76.5 Å². The smallest absolute Gasteiger partial charge is 0.418 e. The normalized spacial score (nSPS) is 11.3. The Morgan fingerprint density at radius 3 is 2.58 bits per heavy atom. The molecule has 0 aliphatic rings. The monoisotopic (exact) mass is 515 g/mol. The molecule has 0 aliphatic carbocycles. The number of para-hydroxylation sites is 1. The number of nitrogens with one attached hydrogen (secondary N) is 2. The summed E-state index contributed by atoms with van der Waals surface area (Å²) in [4.78, 5) is 24.8. The molecule has 0 saturated heterocycles. The average Bonchev–Trinajstić information content (AvgIpc) is 3.51. The molecular formula is C24H20F3N5O3S. The van der Waals surface area contributed by atoms with Crippen LogP contribution in [0.4, 0.5) is 18.9 Å². The summed E-state index contributed by atoms with van der Waals surface area (Å²) in [6.45, 7) is 1.93. The van der Waals surface area contributed by atoms with Crippen molar-refractivity contribution in [3.05, 3.63) is 89.6 Å². The Kier molecular flexibility index (Phi) is 7.44. The molecule has 4 aromatic rings. The first-order chi connectivity index (χ1) is 17.2. The predicted octanol–water partition coefficient (Wildman–Crippen LogP) is 4.85. The fraction of sp³-hybridized carbons (Fsp3) is 0.167. The SMILES string of the molecule is Cc1cccc(-n2c(CNC(=O)c3ccco3)nnc2SCC(=O)Nc2ccccc2C(F)(F)F)c1. The number of carbonyl (C=O) groups excluding carboxylic acids is 2. The summed E-state index contributed by atoms with van der Waals surface area (Å²) in [5, 5.41) is 13.6. The van der Waals surface area contributed by atoms with E-state index in [0.29, 0.717) is 16.7 Å². The lowest BCUT2D eigenvalue weighted by molar-refractivity contribution is -0.137. The van der Waals surface area contributed by atoms with Crippen molar-refractivity contribution in [3.63, 3.8) is 0 Å². The first-order valence-corrected chi connectivity index (χ1v) is 11.6. The van der Waals surface area contributed by atoms with Gasteiger partial charge in [-0.15, -0.1) is 10.2 Å². The highest BCUT2D eigenvalue weighted by molar-refractivity contribution is 7.99. The lowest BCUT2D eigenvalue weighted by Crippen LogP contribution is -2.24. The lowest BCUT2D eigenvalue weighted by Gasteiger charge is -2.14. The van der Waals surface area contributed by atoms with E-state index in [9.17, 15) is 22.8 Å². The lowest BCUT2D eigenvalue weighted by atomic mass is 10.1. The minimum atomic E-state index is -4.60. The largest absolute Gasteiger partial charge is 0.459 e. The number of anilines is 1. The molecule has 2 aromatic heterocycles. The first kappa shape index (κ1) is 25.0. The highest BCUT2D eigenvalue weighted by Crippen LogP contribution is 2.34. The standard InChI is InChI=1S/C24H20F3N5O3S/c1-15-6-4-7-16(12-15)32-20(13-28-22(34)19-10-5-11-35-19)30-31-23(32)36-14-21(33)29-18-9-3-2-8-17(18)24(25,26)27/h2-12H,13-14H2,1H3,(H,28,34)(H,29,33). The van der Waals surface area contributed by atoms with Crippen LogP contribution >= 0.6 is 11.8 Å². The van der Waals surface area contributed by atoms with Crippen LogP contribution in [0.25, 0.3) is 5.69 Å². The average molecular weight is 516 g/mol. The van der Waals surface area contributed by atoms with Gasteiger partial charge in [0.25, 0.3) is 5.91 Å². The molecule has 0 radical (unpaired) electrons. The van der Waals surface area contributed by atoms with Crippen LogP contribution < -0.4 is 10.6 Å². The fourth-order valence-corrected chi connectivity index (χ4v) is 4.12.